The van der Waals surface area contributed by atoms with Crippen LogP contribution in [0.4, 0.5) is 4.79 Å². The predicted molar refractivity (Wildman–Crippen MR) is 33.1 cm³/mol. The van der Waals surface area contributed by atoms with Gasteiger partial charge in [-0.1, -0.05) is 13.8 Å². The van der Waals surface area contributed by atoms with Crippen molar-refractivity contribution in [1.29, 1.82) is 0 Å². The lowest BCUT2D eigenvalue weighted by molar-refractivity contribution is 0.165. The molecule has 0 unspecified atom stereocenters. The Morgan fingerprint density at radius 2 is 1.50 bits per heavy atom. The second-order valence-electron chi connectivity index (χ2n) is 1.18. The minimum absolute atomic E-state index is 0.907. The molecule has 0 aromatic carbocycles. The number of carbonyl (C=O) groups is 1. The van der Waals surface area contributed by atoms with Gasteiger partial charge in [-0.15, -0.1) is 0 Å². The summed E-state index contributed by atoms with van der Waals surface area (Å²) in [7, 11) is 2.95. The van der Waals surface area contributed by atoms with Crippen molar-refractivity contribution in [3.63, 3.8) is 0 Å². The summed E-state index contributed by atoms with van der Waals surface area (Å²) in [5.74, 6) is 0. The Hall–Kier alpha value is -0.730. The summed E-state index contributed by atoms with van der Waals surface area (Å²) in [4.78, 5) is 10.7. The summed E-state index contributed by atoms with van der Waals surface area (Å²) in [5.41, 5.74) is 0. The largest absolute Gasteiger partial charge is 0.465 e. The van der Waals surface area contributed by atoms with Crippen molar-refractivity contribution in [3.05, 3.63) is 0 Å². The number of amides is 1. The number of nitrogens with zero attached hydrogens (tertiary/aromatic N) is 1. The molecule has 8 heavy (non-hydrogen) atoms. The summed E-state index contributed by atoms with van der Waals surface area (Å²) < 4.78 is 0. The topological polar surface area (TPSA) is 40.5 Å². The van der Waals surface area contributed by atoms with E-state index in [9.17, 15) is 4.79 Å². The van der Waals surface area contributed by atoms with Crippen LogP contribution in [0.2, 0.25) is 0 Å². The van der Waals surface area contributed by atoms with Crippen molar-refractivity contribution in [1.82, 2.24) is 4.90 Å². The lowest BCUT2D eigenvalue weighted by Gasteiger charge is -1.99. The number of hydrogen-bond donors (Lipinski definition) is 1. The first-order chi connectivity index (χ1) is 3.64. The fourth-order valence-corrected chi connectivity index (χ4v) is 0. The van der Waals surface area contributed by atoms with Gasteiger partial charge in [-0.25, -0.2) is 4.79 Å². The zero-order chi connectivity index (χ0) is 7.15. The van der Waals surface area contributed by atoms with Gasteiger partial charge in [0, 0.05) is 14.1 Å². The van der Waals surface area contributed by atoms with E-state index in [0.29, 0.717) is 0 Å². The molecule has 3 nitrogen and oxygen atoms in total. The molecule has 0 aromatic heterocycles. The first-order valence-electron chi connectivity index (χ1n) is 2.55. The molecule has 0 saturated carbocycles. The maximum atomic E-state index is 9.62. The van der Waals surface area contributed by atoms with Crippen molar-refractivity contribution in [2.45, 2.75) is 13.8 Å². The molecule has 0 fully saturated rings. The average Bonchev–Trinajstić information content (AvgIpc) is 1.72. The Labute approximate surface area is 49.9 Å². The molecule has 0 saturated heterocycles. The molecule has 0 bridgehead atoms. The van der Waals surface area contributed by atoms with Crippen LogP contribution in [-0.4, -0.2) is 30.2 Å². The van der Waals surface area contributed by atoms with E-state index in [0.717, 1.165) is 4.90 Å². The molecular formula is C5H13NO2. The van der Waals surface area contributed by atoms with Crippen LogP contribution < -0.4 is 0 Å². The van der Waals surface area contributed by atoms with Gasteiger partial charge in [0.15, 0.2) is 0 Å². The minimum atomic E-state index is -0.907. The van der Waals surface area contributed by atoms with Crippen LogP contribution in [0.25, 0.3) is 0 Å². The lowest BCUT2D eigenvalue weighted by Crippen LogP contribution is -2.18. The molecular weight excluding hydrogens is 106 g/mol. The maximum absolute atomic E-state index is 9.62. The Balaban J connectivity index is 0. The Morgan fingerprint density at radius 1 is 1.38 bits per heavy atom. The number of carboxylic acid groups (broad SMARTS) is 1. The van der Waals surface area contributed by atoms with Crippen molar-refractivity contribution >= 4 is 6.09 Å². The molecule has 3 heteroatoms. The third-order valence-electron chi connectivity index (χ3n) is 0.383. The first kappa shape index (κ1) is 10.3. The van der Waals surface area contributed by atoms with Gasteiger partial charge in [-0.2, -0.15) is 0 Å². The molecule has 1 N–H and O–H groups in total. The normalized spacial score (nSPS) is 6.50. The monoisotopic (exact) mass is 119 g/mol. The van der Waals surface area contributed by atoms with Gasteiger partial charge in [0.25, 0.3) is 0 Å². The van der Waals surface area contributed by atoms with E-state index < -0.39 is 6.09 Å². The van der Waals surface area contributed by atoms with E-state index in [2.05, 4.69) is 0 Å². The van der Waals surface area contributed by atoms with Gasteiger partial charge in [-0.05, 0) is 0 Å². The third-order valence-corrected chi connectivity index (χ3v) is 0.383. The molecule has 50 valence electrons. The number of hydrogen-bond acceptors (Lipinski definition) is 1. The van der Waals surface area contributed by atoms with Crippen molar-refractivity contribution in [2.24, 2.45) is 0 Å². The van der Waals surface area contributed by atoms with Crippen molar-refractivity contribution in [2.75, 3.05) is 14.1 Å². The second kappa shape index (κ2) is 6.27. The molecule has 0 aliphatic carbocycles. The highest BCUT2D eigenvalue weighted by Gasteiger charge is 1.91. The standard InChI is InChI=1S/C3H7NO2.C2H6/c1-4(2)3(5)6;1-2/h1-2H3,(H,5,6);1-2H3. The van der Waals surface area contributed by atoms with Crippen LogP contribution in [0, 0.1) is 0 Å². The lowest BCUT2D eigenvalue weighted by atomic mass is 10.9. The van der Waals surface area contributed by atoms with Gasteiger partial charge in [0.05, 0.1) is 0 Å². The van der Waals surface area contributed by atoms with E-state index in [1.807, 2.05) is 13.8 Å². The van der Waals surface area contributed by atoms with Gasteiger partial charge >= 0.3 is 6.09 Å². The van der Waals surface area contributed by atoms with Crippen LogP contribution in [0.1, 0.15) is 13.8 Å². The molecule has 0 radical (unpaired) electrons. The molecule has 0 heterocycles. The quantitative estimate of drug-likeness (QED) is 0.521. The SMILES string of the molecule is CC.CN(C)C(=O)O. The van der Waals surface area contributed by atoms with Crippen LogP contribution in [0.3, 0.4) is 0 Å². The molecule has 0 aliphatic heterocycles. The van der Waals surface area contributed by atoms with Crippen LogP contribution >= 0.6 is 0 Å². The van der Waals surface area contributed by atoms with E-state index >= 15 is 0 Å². The van der Waals surface area contributed by atoms with E-state index in [1.54, 1.807) is 0 Å². The van der Waals surface area contributed by atoms with Crippen LogP contribution in [-0.2, 0) is 0 Å². The summed E-state index contributed by atoms with van der Waals surface area (Å²) in [6.07, 6.45) is -0.907. The molecule has 0 atom stereocenters. The zero-order valence-corrected chi connectivity index (χ0v) is 5.80. The summed E-state index contributed by atoms with van der Waals surface area (Å²) in [6, 6.07) is 0. The Morgan fingerprint density at radius 3 is 1.50 bits per heavy atom. The highest BCUT2D eigenvalue weighted by molar-refractivity contribution is 5.63. The average molecular weight is 119 g/mol. The van der Waals surface area contributed by atoms with Crippen LogP contribution in [0.15, 0.2) is 0 Å². The van der Waals surface area contributed by atoms with Gasteiger partial charge in [-0.3, -0.25) is 0 Å². The van der Waals surface area contributed by atoms with E-state index in [4.69, 9.17) is 5.11 Å². The highest BCUT2D eigenvalue weighted by atomic mass is 16.4. The van der Waals surface area contributed by atoms with E-state index in [1.165, 1.54) is 14.1 Å². The van der Waals surface area contributed by atoms with E-state index in [-0.39, 0.29) is 0 Å². The highest BCUT2D eigenvalue weighted by Crippen LogP contribution is 1.69. The molecule has 0 aliphatic rings. The molecule has 0 spiro atoms. The fraction of sp³-hybridized carbons (Fsp3) is 0.800. The van der Waals surface area contributed by atoms with Gasteiger partial charge in [0.2, 0.25) is 0 Å². The summed E-state index contributed by atoms with van der Waals surface area (Å²) in [5, 5.41) is 7.92. The smallest absolute Gasteiger partial charge is 0.406 e. The third kappa shape index (κ3) is 8.99. The molecule has 1 amide bonds. The van der Waals surface area contributed by atoms with Gasteiger partial charge in [0.1, 0.15) is 0 Å². The van der Waals surface area contributed by atoms with Crippen LogP contribution in [0.5, 0.6) is 0 Å². The summed E-state index contributed by atoms with van der Waals surface area (Å²) >= 11 is 0. The molecule has 0 aromatic rings. The molecule has 0 rings (SSSR count). The van der Waals surface area contributed by atoms with Crippen molar-refractivity contribution < 1.29 is 9.90 Å². The Bertz CT molecular complexity index is 61.4. The fourth-order valence-electron chi connectivity index (χ4n) is 0. The summed E-state index contributed by atoms with van der Waals surface area (Å²) in [6.45, 7) is 4.00. The maximum Gasteiger partial charge on any atom is 0.406 e. The first-order valence-corrected chi connectivity index (χ1v) is 2.55. The second-order valence-corrected chi connectivity index (χ2v) is 1.18. The predicted octanol–water partition coefficient (Wildman–Crippen LogP) is 1.25. The Kier molecular flexibility index (Phi) is 8.07. The van der Waals surface area contributed by atoms with Gasteiger partial charge < -0.3 is 10.0 Å². The minimum Gasteiger partial charge on any atom is -0.465 e. The van der Waals surface area contributed by atoms with Crippen molar-refractivity contribution in [3.8, 4) is 0 Å². The number of rotatable bonds is 0. The zero-order valence-electron chi connectivity index (χ0n) is 5.80.